The molecular weight excluding hydrogens is 623 g/mol. The number of nitrogens with zero attached hydrogens (tertiary/aromatic N) is 3. The number of sulfonamides is 1. The normalized spacial score (nSPS) is 11.7. The maximum Gasteiger partial charge on any atom is 0.277 e. The molecule has 0 spiro atoms. The van der Waals surface area contributed by atoms with Crippen molar-refractivity contribution in [3.63, 3.8) is 0 Å². The summed E-state index contributed by atoms with van der Waals surface area (Å²) in [5.41, 5.74) is 0.144. The van der Waals surface area contributed by atoms with Crippen LogP contribution in [0, 0.1) is 17.5 Å². The number of benzene rings is 4. The van der Waals surface area contributed by atoms with Crippen molar-refractivity contribution < 1.29 is 30.8 Å². The van der Waals surface area contributed by atoms with E-state index in [0.717, 1.165) is 10.7 Å². The molecule has 0 aliphatic heterocycles. The monoisotopic (exact) mass is 647 g/mol. The zero-order valence-corrected chi connectivity index (χ0v) is 25.1. The van der Waals surface area contributed by atoms with Gasteiger partial charge in [0.25, 0.3) is 11.5 Å². The van der Waals surface area contributed by atoms with Crippen molar-refractivity contribution in [3.05, 3.63) is 112 Å². The Morgan fingerprint density at radius 2 is 1.57 bits per heavy atom. The number of amides is 1. The van der Waals surface area contributed by atoms with Crippen molar-refractivity contribution in [2.75, 3.05) is 17.5 Å². The van der Waals surface area contributed by atoms with Gasteiger partial charge >= 0.3 is 0 Å². The lowest BCUT2D eigenvalue weighted by molar-refractivity contribution is 0.0964. The summed E-state index contributed by atoms with van der Waals surface area (Å²) in [6.07, 6.45) is 0. The number of halogens is 3. The SMILES string of the molecule is CCS(=O)(=O)Nc1cc2oc(-c3ccc(F)cc3)c(C(=O)NC)c2cc1-c1cc2c(=O)n(Cc3ccc(F)cc3)nnc2cc1F. The summed E-state index contributed by atoms with van der Waals surface area (Å²) < 4.78 is 77.9. The largest absolute Gasteiger partial charge is 0.455 e. The summed E-state index contributed by atoms with van der Waals surface area (Å²) >= 11 is 0. The van der Waals surface area contributed by atoms with Gasteiger partial charge in [-0.3, -0.25) is 14.3 Å². The quantitative estimate of drug-likeness (QED) is 0.224. The number of carbonyl (C=O) groups excluding carboxylic acids is 1. The van der Waals surface area contributed by atoms with Crippen LogP contribution in [0.15, 0.2) is 82.0 Å². The molecular formula is C32H24F3N5O5S. The Morgan fingerprint density at radius 3 is 2.22 bits per heavy atom. The molecule has 0 saturated heterocycles. The standard InChI is InChI=1S/C32H24F3N5O5S/c1-3-46(43,44)38-27-15-28-24(29(31(41)36-2)30(45-28)18-6-10-20(34)11-7-18)13-22(27)21-12-23-26(14-25(21)35)37-39-40(32(23)42)16-17-4-8-19(33)9-5-17/h4-15,38H,3,16H2,1-2H3,(H,36,41). The lowest BCUT2D eigenvalue weighted by Crippen LogP contribution is -2.25. The number of hydrogen-bond acceptors (Lipinski definition) is 7. The summed E-state index contributed by atoms with van der Waals surface area (Å²) in [6.45, 7) is 1.38. The first-order valence-electron chi connectivity index (χ1n) is 13.9. The minimum atomic E-state index is -3.91. The first-order valence-corrected chi connectivity index (χ1v) is 15.5. The zero-order valence-electron chi connectivity index (χ0n) is 24.3. The highest BCUT2D eigenvalue weighted by Gasteiger charge is 2.26. The van der Waals surface area contributed by atoms with E-state index in [0.29, 0.717) is 11.1 Å². The van der Waals surface area contributed by atoms with Crippen LogP contribution < -0.4 is 15.6 Å². The third-order valence-electron chi connectivity index (χ3n) is 7.38. The van der Waals surface area contributed by atoms with Gasteiger partial charge < -0.3 is 9.73 Å². The Bertz CT molecular complexity index is 2320. The highest BCUT2D eigenvalue weighted by molar-refractivity contribution is 7.92. The van der Waals surface area contributed by atoms with E-state index in [1.807, 2.05) is 0 Å². The molecule has 0 unspecified atom stereocenters. The van der Waals surface area contributed by atoms with E-state index in [1.54, 1.807) is 0 Å². The lowest BCUT2D eigenvalue weighted by Gasteiger charge is -2.14. The van der Waals surface area contributed by atoms with Gasteiger partial charge in [0.05, 0.1) is 28.9 Å². The molecule has 10 nitrogen and oxygen atoms in total. The maximum atomic E-state index is 15.8. The van der Waals surface area contributed by atoms with Gasteiger partial charge in [-0.1, -0.05) is 17.3 Å². The molecule has 6 aromatic rings. The second kappa shape index (κ2) is 11.8. The third-order valence-corrected chi connectivity index (χ3v) is 8.67. The first-order chi connectivity index (χ1) is 22.0. The number of anilines is 1. The highest BCUT2D eigenvalue weighted by atomic mass is 32.2. The number of rotatable bonds is 8. The molecule has 0 aliphatic rings. The average Bonchev–Trinajstić information content (AvgIpc) is 3.41. The predicted molar refractivity (Wildman–Crippen MR) is 166 cm³/mol. The molecule has 6 rings (SSSR count). The third kappa shape index (κ3) is 5.70. The summed E-state index contributed by atoms with van der Waals surface area (Å²) in [4.78, 5) is 26.6. The van der Waals surface area contributed by atoms with Crippen LogP contribution in [0.25, 0.3) is 44.3 Å². The molecule has 14 heteroatoms. The van der Waals surface area contributed by atoms with Gasteiger partial charge in [0.15, 0.2) is 0 Å². The van der Waals surface area contributed by atoms with Crippen LogP contribution in [0.5, 0.6) is 0 Å². The van der Waals surface area contributed by atoms with E-state index >= 15 is 4.39 Å². The van der Waals surface area contributed by atoms with Gasteiger partial charge in [-0.2, -0.15) is 0 Å². The van der Waals surface area contributed by atoms with Crippen LogP contribution >= 0.6 is 0 Å². The van der Waals surface area contributed by atoms with Crippen molar-refractivity contribution in [3.8, 4) is 22.5 Å². The Hall–Kier alpha value is -5.50. The van der Waals surface area contributed by atoms with Crippen LogP contribution in [0.4, 0.5) is 18.9 Å². The molecule has 0 radical (unpaired) electrons. The van der Waals surface area contributed by atoms with Gasteiger partial charge in [0.2, 0.25) is 10.0 Å². The Morgan fingerprint density at radius 1 is 0.913 bits per heavy atom. The first kappa shape index (κ1) is 30.5. The lowest BCUT2D eigenvalue weighted by atomic mass is 9.97. The summed E-state index contributed by atoms with van der Waals surface area (Å²) in [5, 5.41) is 10.6. The van der Waals surface area contributed by atoms with E-state index in [9.17, 15) is 26.8 Å². The predicted octanol–water partition coefficient (Wildman–Crippen LogP) is 5.46. The number of carbonyl (C=O) groups is 1. The molecule has 234 valence electrons. The fourth-order valence-electron chi connectivity index (χ4n) is 5.02. The molecule has 2 aromatic heterocycles. The number of hydrogen-bond donors (Lipinski definition) is 2. The molecule has 0 bridgehead atoms. The number of nitrogens with one attached hydrogen (secondary N) is 2. The highest BCUT2D eigenvalue weighted by Crippen LogP contribution is 2.41. The molecule has 0 fully saturated rings. The van der Waals surface area contributed by atoms with E-state index < -0.39 is 38.9 Å². The van der Waals surface area contributed by atoms with Gasteiger partial charge in [-0.15, -0.1) is 5.10 Å². The molecule has 0 aliphatic carbocycles. The smallest absolute Gasteiger partial charge is 0.277 e. The molecule has 4 aromatic carbocycles. The van der Waals surface area contributed by atoms with E-state index in [1.165, 1.54) is 80.7 Å². The minimum absolute atomic E-state index is 0.00170. The van der Waals surface area contributed by atoms with Crippen molar-refractivity contribution in [2.45, 2.75) is 13.5 Å². The Kier molecular flexibility index (Phi) is 7.82. The summed E-state index contributed by atoms with van der Waals surface area (Å²) in [6, 6.07) is 15.6. The molecule has 2 N–H and O–H groups in total. The van der Waals surface area contributed by atoms with Crippen molar-refractivity contribution in [1.82, 2.24) is 20.3 Å². The Labute approximate surface area is 259 Å². The molecule has 1 amide bonds. The van der Waals surface area contributed by atoms with Gasteiger partial charge in [-0.05, 0) is 61.0 Å². The van der Waals surface area contributed by atoms with Crippen molar-refractivity contribution >= 4 is 43.5 Å². The molecule has 0 atom stereocenters. The number of furan rings is 1. The van der Waals surface area contributed by atoms with Gasteiger partial charge in [-0.25, -0.2) is 26.3 Å². The van der Waals surface area contributed by atoms with Crippen molar-refractivity contribution in [1.29, 1.82) is 0 Å². The second-order valence-corrected chi connectivity index (χ2v) is 12.3. The fourth-order valence-corrected chi connectivity index (χ4v) is 5.66. The minimum Gasteiger partial charge on any atom is -0.455 e. The van der Waals surface area contributed by atoms with Crippen LogP contribution in [-0.4, -0.2) is 42.1 Å². The summed E-state index contributed by atoms with van der Waals surface area (Å²) in [7, 11) is -2.51. The number of fused-ring (bicyclic) bond motifs is 2. The molecule has 46 heavy (non-hydrogen) atoms. The Balaban J connectivity index is 1.60. The van der Waals surface area contributed by atoms with Crippen LogP contribution in [-0.2, 0) is 16.6 Å². The van der Waals surface area contributed by atoms with Gasteiger partial charge in [0, 0.05) is 41.3 Å². The van der Waals surface area contributed by atoms with E-state index in [-0.39, 0.29) is 62.3 Å². The van der Waals surface area contributed by atoms with Crippen LogP contribution in [0.3, 0.4) is 0 Å². The fraction of sp³-hybridized carbons (Fsp3) is 0.125. The molecule has 2 heterocycles. The van der Waals surface area contributed by atoms with Crippen molar-refractivity contribution in [2.24, 2.45) is 0 Å². The molecule has 0 saturated carbocycles. The number of aromatic nitrogens is 3. The summed E-state index contributed by atoms with van der Waals surface area (Å²) in [5.74, 6) is -2.60. The van der Waals surface area contributed by atoms with E-state index in [2.05, 4.69) is 20.4 Å². The van der Waals surface area contributed by atoms with E-state index in [4.69, 9.17) is 4.42 Å². The zero-order chi connectivity index (χ0) is 32.7. The topological polar surface area (TPSA) is 136 Å². The van der Waals surface area contributed by atoms with Gasteiger partial charge in [0.1, 0.15) is 34.3 Å². The van der Waals surface area contributed by atoms with Crippen LogP contribution in [0.1, 0.15) is 22.8 Å². The second-order valence-electron chi connectivity index (χ2n) is 10.3. The maximum absolute atomic E-state index is 15.8. The van der Waals surface area contributed by atoms with Crippen LogP contribution in [0.2, 0.25) is 0 Å². The average molecular weight is 648 g/mol.